The van der Waals surface area contributed by atoms with Gasteiger partial charge in [0.1, 0.15) is 0 Å². The van der Waals surface area contributed by atoms with Crippen LogP contribution in [0.5, 0.6) is 0 Å². The molecule has 0 aliphatic heterocycles. The first-order valence-electron chi connectivity index (χ1n) is 5.39. The molecular weight excluding hydrogens is 204 g/mol. The summed E-state index contributed by atoms with van der Waals surface area (Å²) in [5.41, 5.74) is 1.59. The Labute approximate surface area is 95.7 Å². The average Bonchev–Trinajstić information content (AvgIpc) is 2.26. The fourth-order valence-electron chi connectivity index (χ4n) is 1.32. The monoisotopic (exact) mass is 222 g/mol. The van der Waals surface area contributed by atoms with E-state index in [0.717, 1.165) is 5.69 Å². The van der Waals surface area contributed by atoms with Gasteiger partial charge in [-0.3, -0.25) is 4.79 Å². The van der Waals surface area contributed by atoms with Gasteiger partial charge in [0, 0.05) is 23.8 Å². The summed E-state index contributed by atoms with van der Waals surface area (Å²) in [6, 6.07) is 7.63. The summed E-state index contributed by atoms with van der Waals surface area (Å²) in [7, 11) is 0. The largest absolute Gasteiger partial charge is 0.395 e. The molecule has 3 N–H and O–H groups in total. The SMILES string of the molecule is CC(C)Nc1ccc(C(=O)NCCO)cc1. The number of anilines is 1. The lowest BCUT2D eigenvalue weighted by Gasteiger charge is -2.10. The topological polar surface area (TPSA) is 61.4 Å². The summed E-state index contributed by atoms with van der Waals surface area (Å²) in [5, 5.41) is 14.4. The molecule has 0 unspecified atom stereocenters. The molecule has 0 radical (unpaired) electrons. The van der Waals surface area contributed by atoms with E-state index in [0.29, 0.717) is 11.6 Å². The number of carbonyl (C=O) groups is 1. The quantitative estimate of drug-likeness (QED) is 0.702. The number of carbonyl (C=O) groups excluding carboxylic acids is 1. The molecule has 0 aliphatic carbocycles. The molecule has 0 aromatic heterocycles. The van der Waals surface area contributed by atoms with Crippen LogP contribution in [0.2, 0.25) is 0 Å². The Hall–Kier alpha value is -1.55. The van der Waals surface area contributed by atoms with E-state index in [2.05, 4.69) is 24.5 Å². The molecule has 16 heavy (non-hydrogen) atoms. The first-order chi connectivity index (χ1) is 7.63. The number of amides is 1. The fourth-order valence-corrected chi connectivity index (χ4v) is 1.32. The van der Waals surface area contributed by atoms with Crippen molar-refractivity contribution < 1.29 is 9.90 Å². The maximum Gasteiger partial charge on any atom is 0.251 e. The van der Waals surface area contributed by atoms with Crippen LogP contribution in [0, 0.1) is 0 Å². The van der Waals surface area contributed by atoms with Gasteiger partial charge < -0.3 is 15.7 Å². The van der Waals surface area contributed by atoms with Gasteiger partial charge in [-0.2, -0.15) is 0 Å². The Morgan fingerprint density at radius 1 is 1.31 bits per heavy atom. The number of hydrogen-bond donors (Lipinski definition) is 3. The van der Waals surface area contributed by atoms with Crippen molar-refractivity contribution in [2.45, 2.75) is 19.9 Å². The number of hydrogen-bond acceptors (Lipinski definition) is 3. The molecule has 4 nitrogen and oxygen atoms in total. The molecule has 0 atom stereocenters. The van der Waals surface area contributed by atoms with Gasteiger partial charge in [-0.25, -0.2) is 0 Å². The van der Waals surface area contributed by atoms with Gasteiger partial charge in [-0.15, -0.1) is 0 Å². The van der Waals surface area contributed by atoms with E-state index < -0.39 is 0 Å². The van der Waals surface area contributed by atoms with E-state index in [4.69, 9.17) is 5.11 Å². The van der Waals surface area contributed by atoms with Gasteiger partial charge in [0.25, 0.3) is 5.91 Å². The zero-order valence-corrected chi connectivity index (χ0v) is 9.66. The number of aliphatic hydroxyl groups is 1. The molecule has 0 fully saturated rings. The zero-order valence-electron chi connectivity index (χ0n) is 9.66. The minimum absolute atomic E-state index is 0.0429. The van der Waals surface area contributed by atoms with Gasteiger partial charge in [0.15, 0.2) is 0 Å². The van der Waals surface area contributed by atoms with Crippen molar-refractivity contribution in [2.24, 2.45) is 0 Å². The second-order valence-electron chi connectivity index (χ2n) is 3.86. The maximum absolute atomic E-state index is 11.5. The highest BCUT2D eigenvalue weighted by molar-refractivity contribution is 5.94. The van der Waals surface area contributed by atoms with Crippen LogP contribution in [-0.4, -0.2) is 30.2 Å². The highest BCUT2D eigenvalue weighted by atomic mass is 16.3. The highest BCUT2D eigenvalue weighted by Gasteiger charge is 2.04. The second kappa shape index (κ2) is 6.12. The third kappa shape index (κ3) is 3.90. The summed E-state index contributed by atoms with van der Waals surface area (Å²) in [5.74, 6) is -0.162. The molecule has 1 aromatic rings. The Morgan fingerprint density at radius 3 is 2.44 bits per heavy atom. The van der Waals surface area contributed by atoms with E-state index >= 15 is 0 Å². The van der Waals surface area contributed by atoms with Crippen molar-refractivity contribution in [2.75, 3.05) is 18.5 Å². The van der Waals surface area contributed by atoms with Gasteiger partial charge in [0.05, 0.1) is 6.61 Å². The lowest BCUT2D eigenvalue weighted by Crippen LogP contribution is -2.26. The van der Waals surface area contributed by atoms with Crippen molar-refractivity contribution >= 4 is 11.6 Å². The summed E-state index contributed by atoms with van der Waals surface area (Å²) in [6.07, 6.45) is 0. The molecule has 1 amide bonds. The van der Waals surface area contributed by atoms with Crippen molar-refractivity contribution in [3.8, 4) is 0 Å². The van der Waals surface area contributed by atoms with Crippen molar-refractivity contribution in [3.05, 3.63) is 29.8 Å². The highest BCUT2D eigenvalue weighted by Crippen LogP contribution is 2.10. The summed E-state index contributed by atoms with van der Waals surface area (Å²) in [6.45, 7) is 4.35. The van der Waals surface area contributed by atoms with Crippen LogP contribution in [0.4, 0.5) is 5.69 Å². The first kappa shape index (κ1) is 12.5. The molecule has 0 bridgehead atoms. The second-order valence-corrected chi connectivity index (χ2v) is 3.86. The van der Waals surface area contributed by atoms with Crippen LogP contribution in [0.1, 0.15) is 24.2 Å². The lowest BCUT2D eigenvalue weighted by atomic mass is 10.2. The summed E-state index contributed by atoms with van der Waals surface area (Å²) >= 11 is 0. The van der Waals surface area contributed by atoms with E-state index in [1.54, 1.807) is 12.1 Å². The van der Waals surface area contributed by atoms with Crippen LogP contribution in [-0.2, 0) is 0 Å². The number of nitrogens with one attached hydrogen (secondary N) is 2. The van der Waals surface area contributed by atoms with Gasteiger partial charge in [-0.1, -0.05) is 0 Å². The van der Waals surface area contributed by atoms with Gasteiger partial charge in [-0.05, 0) is 38.1 Å². The summed E-state index contributed by atoms with van der Waals surface area (Å²) in [4.78, 5) is 11.5. The van der Waals surface area contributed by atoms with E-state index in [9.17, 15) is 4.79 Å². The Kier molecular flexibility index (Phi) is 4.79. The third-order valence-corrected chi connectivity index (χ3v) is 2.00. The Bertz CT molecular complexity index is 333. The number of rotatable bonds is 5. The molecular formula is C12H18N2O2. The molecule has 0 spiro atoms. The fraction of sp³-hybridized carbons (Fsp3) is 0.417. The van der Waals surface area contributed by atoms with Crippen molar-refractivity contribution in [1.82, 2.24) is 5.32 Å². The van der Waals surface area contributed by atoms with Gasteiger partial charge >= 0.3 is 0 Å². The van der Waals surface area contributed by atoms with Crippen LogP contribution in [0.3, 0.4) is 0 Å². The minimum Gasteiger partial charge on any atom is -0.395 e. The molecule has 0 saturated heterocycles. The molecule has 4 heteroatoms. The van der Waals surface area contributed by atoms with E-state index in [-0.39, 0.29) is 19.1 Å². The van der Waals surface area contributed by atoms with Crippen molar-refractivity contribution in [3.63, 3.8) is 0 Å². The van der Waals surface area contributed by atoms with Crippen molar-refractivity contribution in [1.29, 1.82) is 0 Å². The van der Waals surface area contributed by atoms with E-state index in [1.807, 2.05) is 12.1 Å². The molecule has 1 rings (SSSR count). The van der Waals surface area contributed by atoms with Gasteiger partial charge in [0.2, 0.25) is 0 Å². The molecule has 88 valence electrons. The van der Waals surface area contributed by atoms with E-state index in [1.165, 1.54) is 0 Å². The molecule has 0 saturated carbocycles. The van der Waals surface area contributed by atoms with Crippen LogP contribution in [0.25, 0.3) is 0 Å². The summed E-state index contributed by atoms with van der Waals surface area (Å²) < 4.78 is 0. The third-order valence-electron chi connectivity index (χ3n) is 2.00. The Morgan fingerprint density at radius 2 is 1.94 bits per heavy atom. The maximum atomic E-state index is 11.5. The molecule has 1 aromatic carbocycles. The standard InChI is InChI=1S/C12H18N2O2/c1-9(2)14-11-5-3-10(4-6-11)12(16)13-7-8-15/h3-6,9,14-15H,7-8H2,1-2H3,(H,13,16). The van der Waals surface area contributed by atoms with Crippen LogP contribution >= 0.6 is 0 Å². The predicted molar refractivity (Wildman–Crippen MR) is 64.6 cm³/mol. The lowest BCUT2D eigenvalue weighted by molar-refractivity contribution is 0.0945. The average molecular weight is 222 g/mol. The number of benzene rings is 1. The zero-order chi connectivity index (χ0) is 12.0. The minimum atomic E-state index is -0.162. The predicted octanol–water partition coefficient (Wildman–Crippen LogP) is 1.23. The normalized spacial score (nSPS) is 10.2. The number of aliphatic hydroxyl groups excluding tert-OH is 1. The molecule has 0 heterocycles. The van der Waals surface area contributed by atoms with Crippen LogP contribution in [0.15, 0.2) is 24.3 Å². The molecule has 0 aliphatic rings. The first-order valence-corrected chi connectivity index (χ1v) is 5.39. The Balaban J connectivity index is 2.60. The smallest absolute Gasteiger partial charge is 0.251 e. The van der Waals surface area contributed by atoms with Crippen LogP contribution < -0.4 is 10.6 Å².